The smallest absolute Gasteiger partial charge is 0.304 e. The van der Waals surface area contributed by atoms with Gasteiger partial charge in [0.15, 0.2) is 15.5 Å². The first-order valence-corrected chi connectivity index (χ1v) is 14.0. The normalized spacial score (nSPS) is 14.0. The third-order valence-electron chi connectivity index (χ3n) is 6.68. The molecule has 39 heavy (non-hydrogen) atoms. The second kappa shape index (κ2) is 9.64. The van der Waals surface area contributed by atoms with E-state index in [9.17, 15) is 26.4 Å². The molecule has 4 aromatic rings. The van der Waals surface area contributed by atoms with Gasteiger partial charge in [-0.15, -0.1) is 0 Å². The molecule has 1 aliphatic heterocycles. The molecule has 0 spiro atoms. The van der Waals surface area contributed by atoms with E-state index in [1.54, 1.807) is 36.4 Å². The fourth-order valence-electron chi connectivity index (χ4n) is 4.83. The minimum Gasteiger partial charge on any atom is -0.304 e. The van der Waals surface area contributed by atoms with Crippen molar-refractivity contribution in [2.24, 2.45) is 0 Å². The van der Waals surface area contributed by atoms with E-state index in [1.807, 2.05) is 13.0 Å². The number of alkyl halides is 3. The molecule has 202 valence electrons. The third-order valence-corrected chi connectivity index (χ3v) is 7.84. The summed E-state index contributed by atoms with van der Waals surface area (Å²) in [6.45, 7) is 1.71. The summed E-state index contributed by atoms with van der Waals surface area (Å²) >= 11 is 0. The monoisotopic (exact) mass is 557 g/mol. The number of hydrogen-bond donors (Lipinski definition) is 0. The Morgan fingerprint density at radius 2 is 1.74 bits per heavy atom. The summed E-state index contributed by atoms with van der Waals surface area (Å²) in [5.74, 6) is -1.63. The van der Waals surface area contributed by atoms with Gasteiger partial charge in [-0.2, -0.15) is 18.3 Å². The second-order valence-corrected chi connectivity index (χ2v) is 11.2. The SMILES string of the molecule is CCc1cccc(-n2nc(C(F)(F)F)c3c2C(=O)N(c2ccc(-c4ccccc4S(C)(=O)=O)cc2F)CC3)c1. The van der Waals surface area contributed by atoms with Crippen molar-refractivity contribution in [1.82, 2.24) is 9.78 Å². The van der Waals surface area contributed by atoms with Gasteiger partial charge in [-0.1, -0.05) is 43.3 Å². The number of carbonyl (C=O) groups is 1. The molecule has 0 aliphatic carbocycles. The maximum Gasteiger partial charge on any atom is 0.435 e. The summed E-state index contributed by atoms with van der Waals surface area (Å²) in [6, 6.07) is 16.8. The summed E-state index contributed by atoms with van der Waals surface area (Å²) in [7, 11) is -3.60. The quantitative estimate of drug-likeness (QED) is 0.288. The maximum absolute atomic E-state index is 15.5. The van der Waals surface area contributed by atoms with E-state index in [-0.39, 0.29) is 40.4 Å². The van der Waals surface area contributed by atoms with E-state index in [0.717, 1.165) is 27.5 Å². The van der Waals surface area contributed by atoms with Gasteiger partial charge in [0, 0.05) is 23.9 Å². The molecule has 5 rings (SSSR count). The van der Waals surface area contributed by atoms with Crippen LogP contribution in [0.3, 0.4) is 0 Å². The van der Waals surface area contributed by atoms with Crippen molar-refractivity contribution in [1.29, 1.82) is 0 Å². The highest BCUT2D eigenvalue weighted by Crippen LogP contribution is 2.38. The van der Waals surface area contributed by atoms with Crippen LogP contribution < -0.4 is 4.90 Å². The number of aryl methyl sites for hydroxylation is 1. The number of nitrogens with zero attached hydrogens (tertiary/aromatic N) is 3. The Balaban J connectivity index is 1.59. The predicted molar refractivity (Wildman–Crippen MR) is 138 cm³/mol. The molecule has 0 saturated heterocycles. The van der Waals surface area contributed by atoms with Crippen LogP contribution in [0.2, 0.25) is 0 Å². The molecule has 2 heterocycles. The summed E-state index contributed by atoms with van der Waals surface area (Å²) in [5, 5.41) is 3.79. The molecule has 1 aliphatic rings. The summed E-state index contributed by atoms with van der Waals surface area (Å²) in [5.41, 5.74) is -0.0523. The number of halogens is 4. The van der Waals surface area contributed by atoms with Gasteiger partial charge in [0.05, 0.1) is 16.3 Å². The van der Waals surface area contributed by atoms with Gasteiger partial charge in [-0.05, 0) is 54.3 Å². The number of benzene rings is 3. The molecule has 0 saturated carbocycles. The number of fused-ring (bicyclic) bond motifs is 1. The van der Waals surface area contributed by atoms with Crippen LogP contribution in [0.15, 0.2) is 71.6 Å². The van der Waals surface area contributed by atoms with Crippen LogP contribution in [-0.4, -0.2) is 36.9 Å². The van der Waals surface area contributed by atoms with Crippen molar-refractivity contribution in [2.45, 2.75) is 30.8 Å². The fourth-order valence-corrected chi connectivity index (χ4v) is 5.75. The van der Waals surface area contributed by atoms with Crippen LogP contribution in [0, 0.1) is 5.82 Å². The molecular weight excluding hydrogens is 534 g/mol. The highest BCUT2D eigenvalue weighted by Gasteiger charge is 2.43. The Hall–Kier alpha value is -3.99. The number of aromatic nitrogens is 2. The number of rotatable bonds is 5. The first-order valence-electron chi connectivity index (χ1n) is 12.1. The minimum absolute atomic E-state index is 0.0220. The topological polar surface area (TPSA) is 72.3 Å². The molecule has 11 heteroatoms. The first-order chi connectivity index (χ1) is 18.4. The largest absolute Gasteiger partial charge is 0.435 e. The van der Waals surface area contributed by atoms with E-state index in [2.05, 4.69) is 5.10 Å². The molecule has 1 amide bonds. The van der Waals surface area contributed by atoms with Crippen molar-refractivity contribution < 1.29 is 30.8 Å². The van der Waals surface area contributed by atoms with Crippen LogP contribution >= 0.6 is 0 Å². The highest BCUT2D eigenvalue weighted by molar-refractivity contribution is 7.90. The number of anilines is 1. The predicted octanol–water partition coefficient (Wildman–Crippen LogP) is 5.87. The number of amides is 1. The lowest BCUT2D eigenvalue weighted by molar-refractivity contribution is -0.141. The van der Waals surface area contributed by atoms with Crippen molar-refractivity contribution in [3.05, 3.63) is 95.1 Å². The number of carbonyl (C=O) groups excluding carboxylic acids is 1. The van der Waals surface area contributed by atoms with Crippen molar-refractivity contribution in [2.75, 3.05) is 17.7 Å². The summed E-state index contributed by atoms with van der Waals surface area (Å²) < 4.78 is 82.5. The number of hydrogen-bond acceptors (Lipinski definition) is 4. The Labute approximate surface area is 222 Å². The van der Waals surface area contributed by atoms with Gasteiger partial charge in [0.1, 0.15) is 11.5 Å². The highest BCUT2D eigenvalue weighted by atomic mass is 32.2. The van der Waals surface area contributed by atoms with Crippen LogP contribution in [0.5, 0.6) is 0 Å². The van der Waals surface area contributed by atoms with Gasteiger partial charge in [0.2, 0.25) is 0 Å². The van der Waals surface area contributed by atoms with E-state index >= 15 is 4.39 Å². The lowest BCUT2D eigenvalue weighted by Crippen LogP contribution is -2.39. The van der Waals surface area contributed by atoms with Gasteiger partial charge < -0.3 is 4.90 Å². The second-order valence-electron chi connectivity index (χ2n) is 9.25. The van der Waals surface area contributed by atoms with Crippen LogP contribution in [0.1, 0.15) is 34.2 Å². The first kappa shape index (κ1) is 26.6. The Morgan fingerprint density at radius 3 is 2.41 bits per heavy atom. The lowest BCUT2D eigenvalue weighted by atomic mass is 10.0. The minimum atomic E-state index is -4.78. The maximum atomic E-state index is 15.5. The fraction of sp³-hybridized carbons (Fsp3) is 0.214. The third kappa shape index (κ3) is 4.82. The van der Waals surface area contributed by atoms with E-state index in [0.29, 0.717) is 17.7 Å². The molecular formula is C28H23F4N3O3S. The molecule has 6 nitrogen and oxygen atoms in total. The van der Waals surface area contributed by atoms with E-state index in [1.165, 1.54) is 18.2 Å². The van der Waals surface area contributed by atoms with Gasteiger partial charge in [0.25, 0.3) is 5.91 Å². The average molecular weight is 558 g/mol. The zero-order chi connectivity index (χ0) is 28.1. The molecule has 3 aromatic carbocycles. The molecule has 0 N–H and O–H groups in total. The molecule has 0 unspecified atom stereocenters. The van der Waals surface area contributed by atoms with Gasteiger partial charge >= 0.3 is 6.18 Å². The number of sulfone groups is 1. The molecule has 0 fully saturated rings. The molecule has 0 atom stereocenters. The lowest BCUT2D eigenvalue weighted by Gasteiger charge is -2.28. The van der Waals surface area contributed by atoms with Crippen molar-refractivity contribution >= 4 is 21.4 Å². The van der Waals surface area contributed by atoms with Crippen LogP contribution in [0.25, 0.3) is 16.8 Å². The zero-order valence-corrected chi connectivity index (χ0v) is 21.8. The van der Waals surface area contributed by atoms with E-state index < -0.39 is 33.4 Å². The summed E-state index contributed by atoms with van der Waals surface area (Å²) in [6.07, 6.45) is -3.28. The molecule has 0 radical (unpaired) electrons. The Bertz CT molecular complexity index is 1710. The van der Waals surface area contributed by atoms with Gasteiger partial charge in [-0.3, -0.25) is 4.79 Å². The Morgan fingerprint density at radius 1 is 1.00 bits per heavy atom. The molecule has 1 aromatic heterocycles. The van der Waals surface area contributed by atoms with Crippen LogP contribution in [-0.2, 0) is 28.9 Å². The van der Waals surface area contributed by atoms with E-state index in [4.69, 9.17) is 0 Å². The van der Waals surface area contributed by atoms with Crippen LogP contribution in [0.4, 0.5) is 23.2 Å². The zero-order valence-electron chi connectivity index (χ0n) is 21.0. The summed E-state index contributed by atoms with van der Waals surface area (Å²) in [4.78, 5) is 14.8. The molecule has 0 bridgehead atoms. The van der Waals surface area contributed by atoms with Gasteiger partial charge in [-0.25, -0.2) is 17.5 Å². The standard InChI is InChI=1S/C28H23F4N3O3S/c1-3-17-7-6-8-19(15-17)35-25-21(26(33-35)28(30,31)32)13-14-34(27(25)36)23-12-11-18(16-22(23)29)20-9-4-5-10-24(20)39(2,37)38/h4-12,15-16H,3,13-14H2,1-2H3. The Kier molecular flexibility index (Phi) is 6.58. The average Bonchev–Trinajstić information content (AvgIpc) is 3.30. The van der Waals surface area contributed by atoms with Crippen molar-refractivity contribution in [3.8, 4) is 16.8 Å². The van der Waals surface area contributed by atoms with Crippen molar-refractivity contribution in [3.63, 3.8) is 0 Å².